The van der Waals surface area contributed by atoms with E-state index in [1.807, 2.05) is 24.3 Å². The van der Waals surface area contributed by atoms with Crippen LogP contribution < -0.4 is 10.1 Å². The van der Waals surface area contributed by atoms with E-state index in [4.69, 9.17) is 4.74 Å². The third-order valence-electron chi connectivity index (χ3n) is 3.86. The SMILES string of the molecule is CCC(NC(=O)COc1ccc(I)cc1)c1ccc(C)c(C)c1. The van der Waals surface area contributed by atoms with Gasteiger partial charge in [-0.3, -0.25) is 4.79 Å². The minimum atomic E-state index is -0.103. The van der Waals surface area contributed by atoms with Crippen molar-refractivity contribution in [2.45, 2.75) is 33.2 Å². The van der Waals surface area contributed by atoms with E-state index in [9.17, 15) is 4.79 Å². The van der Waals surface area contributed by atoms with Crippen LogP contribution in [-0.4, -0.2) is 12.5 Å². The molecule has 0 aromatic heterocycles. The highest BCUT2D eigenvalue weighted by atomic mass is 127. The van der Waals surface area contributed by atoms with E-state index < -0.39 is 0 Å². The lowest BCUT2D eigenvalue weighted by atomic mass is 9.99. The van der Waals surface area contributed by atoms with Crippen molar-refractivity contribution in [2.75, 3.05) is 6.61 Å². The maximum absolute atomic E-state index is 12.1. The number of rotatable bonds is 6. The lowest BCUT2D eigenvalue weighted by molar-refractivity contribution is -0.123. The summed E-state index contributed by atoms with van der Waals surface area (Å²) in [5.41, 5.74) is 3.64. The molecule has 2 rings (SSSR count). The molecule has 122 valence electrons. The zero-order valence-electron chi connectivity index (χ0n) is 13.7. The fourth-order valence-corrected chi connectivity index (χ4v) is 2.68. The third-order valence-corrected chi connectivity index (χ3v) is 4.58. The van der Waals surface area contributed by atoms with Crippen molar-refractivity contribution < 1.29 is 9.53 Å². The Balaban J connectivity index is 1.94. The molecule has 4 heteroatoms. The molecule has 3 nitrogen and oxygen atoms in total. The molecule has 0 heterocycles. The van der Waals surface area contributed by atoms with Gasteiger partial charge < -0.3 is 10.1 Å². The molecular weight excluding hydrogens is 401 g/mol. The zero-order chi connectivity index (χ0) is 16.8. The fraction of sp³-hybridized carbons (Fsp3) is 0.316. The highest BCUT2D eigenvalue weighted by Gasteiger charge is 2.13. The predicted molar refractivity (Wildman–Crippen MR) is 102 cm³/mol. The summed E-state index contributed by atoms with van der Waals surface area (Å²) in [5, 5.41) is 3.05. The summed E-state index contributed by atoms with van der Waals surface area (Å²) in [6.07, 6.45) is 0.845. The Hall–Kier alpha value is -1.56. The van der Waals surface area contributed by atoms with Crippen LogP contribution in [0.4, 0.5) is 0 Å². The average Bonchev–Trinajstić information content (AvgIpc) is 2.55. The average molecular weight is 423 g/mol. The maximum atomic E-state index is 12.1. The number of ether oxygens (including phenoxy) is 1. The Morgan fingerprint density at radius 2 is 1.83 bits per heavy atom. The highest BCUT2D eigenvalue weighted by molar-refractivity contribution is 14.1. The quantitative estimate of drug-likeness (QED) is 0.693. The van der Waals surface area contributed by atoms with Gasteiger partial charge in [-0.15, -0.1) is 0 Å². The van der Waals surface area contributed by atoms with Crippen LogP contribution >= 0.6 is 22.6 Å². The molecule has 1 atom stereocenters. The van der Waals surface area contributed by atoms with Gasteiger partial charge >= 0.3 is 0 Å². The van der Waals surface area contributed by atoms with Gasteiger partial charge in [-0.25, -0.2) is 0 Å². The number of benzene rings is 2. The smallest absolute Gasteiger partial charge is 0.258 e. The maximum Gasteiger partial charge on any atom is 0.258 e. The Morgan fingerprint density at radius 3 is 2.43 bits per heavy atom. The second-order valence-corrected chi connectivity index (χ2v) is 6.86. The molecule has 2 aromatic rings. The Bertz CT molecular complexity index is 668. The lowest BCUT2D eigenvalue weighted by Crippen LogP contribution is -2.32. The first-order chi connectivity index (χ1) is 11.0. The van der Waals surface area contributed by atoms with Gasteiger partial charge in [0.15, 0.2) is 6.61 Å². The number of hydrogen-bond donors (Lipinski definition) is 1. The van der Waals surface area contributed by atoms with E-state index >= 15 is 0 Å². The number of hydrogen-bond acceptors (Lipinski definition) is 2. The number of nitrogens with one attached hydrogen (secondary N) is 1. The molecule has 0 bridgehead atoms. The van der Waals surface area contributed by atoms with Gasteiger partial charge in [-0.05, 0) is 83.8 Å². The third kappa shape index (κ3) is 5.23. The first kappa shape index (κ1) is 17.8. The van der Waals surface area contributed by atoms with Crippen molar-refractivity contribution in [1.29, 1.82) is 0 Å². The first-order valence-corrected chi connectivity index (χ1v) is 8.82. The lowest BCUT2D eigenvalue weighted by Gasteiger charge is -2.19. The molecule has 1 N–H and O–H groups in total. The van der Waals surface area contributed by atoms with Crippen LogP contribution in [0.25, 0.3) is 0 Å². The molecule has 1 amide bonds. The van der Waals surface area contributed by atoms with Crippen LogP contribution in [0.15, 0.2) is 42.5 Å². The number of carbonyl (C=O) groups excluding carboxylic acids is 1. The number of carbonyl (C=O) groups is 1. The van der Waals surface area contributed by atoms with Crippen LogP contribution in [0.5, 0.6) is 5.75 Å². The topological polar surface area (TPSA) is 38.3 Å². The molecule has 0 fully saturated rings. The van der Waals surface area contributed by atoms with Crippen LogP contribution in [0.1, 0.15) is 36.1 Å². The number of amides is 1. The van der Waals surface area contributed by atoms with E-state index in [1.165, 1.54) is 11.1 Å². The molecule has 1 unspecified atom stereocenters. The largest absolute Gasteiger partial charge is 0.484 e. The number of halogens is 1. The standard InChI is InChI=1S/C19H22INO2/c1-4-18(15-6-5-13(2)14(3)11-15)21-19(22)12-23-17-9-7-16(20)8-10-17/h5-11,18H,4,12H2,1-3H3,(H,21,22). The predicted octanol–water partition coefficient (Wildman–Crippen LogP) is 4.55. The fourth-order valence-electron chi connectivity index (χ4n) is 2.32. The van der Waals surface area contributed by atoms with Gasteiger partial charge in [0, 0.05) is 3.57 Å². The van der Waals surface area contributed by atoms with Crippen LogP contribution in [0.3, 0.4) is 0 Å². The van der Waals surface area contributed by atoms with Crippen molar-refractivity contribution >= 4 is 28.5 Å². The van der Waals surface area contributed by atoms with E-state index in [0.29, 0.717) is 5.75 Å². The minimum absolute atomic E-state index is 0.0159. The van der Waals surface area contributed by atoms with Crippen molar-refractivity contribution in [3.8, 4) is 5.75 Å². The van der Waals surface area contributed by atoms with Crippen LogP contribution in [0, 0.1) is 17.4 Å². The summed E-state index contributed by atoms with van der Waals surface area (Å²) in [6, 6.07) is 14.0. The molecule has 0 spiro atoms. The minimum Gasteiger partial charge on any atom is -0.484 e. The zero-order valence-corrected chi connectivity index (χ0v) is 15.9. The Kier molecular flexibility index (Phi) is 6.45. The van der Waals surface area contributed by atoms with Gasteiger partial charge in [-0.1, -0.05) is 25.1 Å². The highest BCUT2D eigenvalue weighted by Crippen LogP contribution is 2.20. The van der Waals surface area contributed by atoms with Gasteiger partial charge in [0.05, 0.1) is 6.04 Å². The van der Waals surface area contributed by atoms with Crippen molar-refractivity contribution in [3.05, 3.63) is 62.7 Å². The molecule has 2 aromatic carbocycles. The summed E-state index contributed by atoms with van der Waals surface area (Å²) < 4.78 is 6.67. The van der Waals surface area contributed by atoms with E-state index in [0.717, 1.165) is 15.6 Å². The molecule has 0 aliphatic rings. The van der Waals surface area contributed by atoms with Crippen LogP contribution in [-0.2, 0) is 4.79 Å². The van der Waals surface area contributed by atoms with E-state index in [2.05, 4.69) is 66.9 Å². The normalized spacial score (nSPS) is 11.8. The Labute approximate surface area is 151 Å². The van der Waals surface area contributed by atoms with Gasteiger partial charge in [0.1, 0.15) is 5.75 Å². The molecule has 23 heavy (non-hydrogen) atoms. The molecule has 0 aliphatic heterocycles. The van der Waals surface area contributed by atoms with Crippen molar-refractivity contribution in [1.82, 2.24) is 5.32 Å². The molecule has 0 saturated heterocycles. The number of aryl methyl sites for hydroxylation is 2. The van der Waals surface area contributed by atoms with Gasteiger partial charge in [-0.2, -0.15) is 0 Å². The van der Waals surface area contributed by atoms with E-state index in [1.54, 1.807) is 0 Å². The molecule has 0 radical (unpaired) electrons. The van der Waals surface area contributed by atoms with Crippen molar-refractivity contribution in [3.63, 3.8) is 0 Å². The summed E-state index contributed by atoms with van der Waals surface area (Å²) in [6.45, 7) is 6.28. The monoisotopic (exact) mass is 423 g/mol. The second kappa shape index (κ2) is 8.34. The molecular formula is C19H22INO2. The van der Waals surface area contributed by atoms with E-state index in [-0.39, 0.29) is 18.6 Å². The van der Waals surface area contributed by atoms with Gasteiger partial charge in [0.2, 0.25) is 0 Å². The second-order valence-electron chi connectivity index (χ2n) is 5.61. The Morgan fingerprint density at radius 1 is 1.13 bits per heavy atom. The summed E-state index contributed by atoms with van der Waals surface area (Å²) in [5.74, 6) is 0.605. The molecule has 0 aliphatic carbocycles. The first-order valence-electron chi connectivity index (χ1n) is 7.74. The summed E-state index contributed by atoms with van der Waals surface area (Å²) in [7, 11) is 0. The van der Waals surface area contributed by atoms with Crippen LogP contribution in [0.2, 0.25) is 0 Å². The summed E-state index contributed by atoms with van der Waals surface area (Å²) in [4.78, 5) is 12.1. The summed E-state index contributed by atoms with van der Waals surface area (Å²) >= 11 is 2.24. The van der Waals surface area contributed by atoms with Crippen molar-refractivity contribution in [2.24, 2.45) is 0 Å². The van der Waals surface area contributed by atoms with Gasteiger partial charge in [0.25, 0.3) is 5.91 Å². The molecule has 0 saturated carbocycles.